The van der Waals surface area contributed by atoms with Gasteiger partial charge in [0.05, 0.1) is 6.04 Å². The van der Waals surface area contributed by atoms with E-state index in [0.29, 0.717) is 6.04 Å². The molecule has 1 heterocycles. The van der Waals surface area contributed by atoms with Crippen LogP contribution in [-0.2, 0) is 4.79 Å². The van der Waals surface area contributed by atoms with E-state index in [-0.39, 0.29) is 11.9 Å². The number of carbonyl (C=O) groups excluding carboxylic acids is 1. The fourth-order valence-electron chi connectivity index (χ4n) is 2.97. The summed E-state index contributed by atoms with van der Waals surface area (Å²) in [6.45, 7) is 10.7. The largest absolute Gasteiger partial charge is 0.355 e. The van der Waals surface area contributed by atoms with Crippen LogP contribution in [0.15, 0.2) is 0 Å². The Morgan fingerprint density at radius 2 is 1.73 bits per heavy atom. The molecule has 4 heteroatoms. The summed E-state index contributed by atoms with van der Waals surface area (Å²) in [5.74, 6) is 0.249. The van der Waals surface area contributed by atoms with E-state index in [1.165, 1.54) is 32.1 Å². The maximum Gasteiger partial charge on any atom is 0.237 e. The number of nitrogens with zero attached hydrogens (tertiary/aromatic N) is 1. The van der Waals surface area contributed by atoms with Crippen LogP contribution in [0.3, 0.4) is 0 Å². The second-order valence-corrected chi connectivity index (χ2v) is 6.86. The molecule has 0 radical (unpaired) electrons. The second kappa shape index (κ2) is 11.9. The van der Waals surface area contributed by atoms with Crippen LogP contribution in [0, 0.1) is 0 Å². The predicted octanol–water partition coefficient (Wildman–Crippen LogP) is 2.93. The third-order valence-corrected chi connectivity index (χ3v) is 4.40. The first-order chi connectivity index (χ1) is 10.6. The number of hydrogen-bond acceptors (Lipinski definition) is 3. The summed E-state index contributed by atoms with van der Waals surface area (Å²) < 4.78 is 0. The van der Waals surface area contributed by atoms with Crippen molar-refractivity contribution in [2.24, 2.45) is 0 Å². The van der Waals surface area contributed by atoms with Gasteiger partial charge in [0.15, 0.2) is 0 Å². The fourth-order valence-corrected chi connectivity index (χ4v) is 2.97. The standard InChI is InChI=1S/C18H37N3O/c1-4-14-21-15-11-17(21)18(22)20-13-10-8-6-5-7-9-12-19-16(2)3/h16-17,19H,4-15H2,1-3H3,(H,20,22). The van der Waals surface area contributed by atoms with Gasteiger partial charge in [-0.1, -0.05) is 46.5 Å². The quantitative estimate of drug-likeness (QED) is 0.514. The van der Waals surface area contributed by atoms with Crippen LogP contribution in [0.2, 0.25) is 0 Å². The summed E-state index contributed by atoms with van der Waals surface area (Å²) in [5.41, 5.74) is 0. The Bertz CT molecular complexity index is 294. The molecule has 1 aliphatic rings. The number of likely N-dealkylation sites (tertiary alicyclic amines) is 1. The van der Waals surface area contributed by atoms with Gasteiger partial charge in [0.1, 0.15) is 0 Å². The van der Waals surface area contributed by atoms with Gasteiger partial charge in [-0.3, -0.25) is 9.69 Å². The maximum atomic E-state index is 12.0. The van der Waals surface area contributed by atoms with Crippen LogP contribution in [-0.4, -0.2) is 49.1 Å². The Labute approximate surface area is 137 Å². The van der Waals surface area contributed by atoms with E-state index < -0.39 is 0 Å². The topological polar surface area (TPSA) is 44.4 Å². The number of carbonyl (C=O) groups is 1. The average Bonchev–Trinajstić information content (AvgIpc) is 2.45. The minimum Gasteiger partial charge on any atom is -0.355 e. The molecule has 1 atom stereocenters. The lowest BCUT2D eigenvalue weighted by atomic mass is 10.0. The molecular formula is C18H37N3O. The third kappa shape index (κ3) is 8.14. The Hall–Kier alpha value is -0.610. The second-order valence-electron chi connectivity index (χ2n) is 6.86. The van der Waals surface area contributed by atoms with Gasteiger partial charge in [-0.15, -0.1) is 0 Å². The van der Waals surface area contributed by atoms with Gasteiger partial charge in [-0.05, 0) is 38.8 Å². The maximum absolute atomic E-state index is 12.0. The van der Waals surface area contributed by atoms with Crippen molar-refractivity contribution >= 4 is 5.91 Å². The Balaban J connectivity index is 1.86. The van der Waals surface area contributed by atoms with Crippen LogP contribution in [0.4, 0.5) is 0 Å². The van der Waals surface area contributed by atoms with Gasteiger partial charge in [0.2, 0.25) is 5.91 Å². The van der Waals surface area contributed by atoms with Gasteiger partial charge in [-0.2, -0.15) is 0 Å². The molecule has 22 heavy (non-hydrogen) atoms. The van der Waals surface area contributed by atoms with Crippen molar-refractivity contribution in [2.75, 3.05) is 26.2 Å². The monoisotopic (exact) mass is 311 g/mol. The molecule has 0 aromatic rings. The molecular weight excluding hydrogens is 274 g/mol. The number of nitrogens with one attached hydrogen (secondary N) is 2. The summed E-state index contributed by atoms with van der Waals surface area (Å²) in [5, 5.41) is 6.56. The number of rotatable bonds is 13. The summed E-state index contributed by atoms with van der Waals surface area (Å²) in [7, 11) is 0. The van der Waals surface area contributed by atoms with Crippen molar-refractivity contribution < 1.29 is 4.79 Å². The van der Waals surface area contributed by atoms with Crippen molar-refractivity contribution in [3.8, 4) is 0 Å². The van der Waals surface area contributed by atoms with Crippen molar-refractivity contribution in [1.29, 1.82) is 0 Å². The SMILES string of the molecule is CCCN1CCC1C(=O)NCCCCCCCCNC(C)C. The summed E-state index contributed by atoms with van der Waals surface area (Å²) in [4.78, 5) is 14.3. The zero-order valence-electron chi connectivity index (χ0n) is 15.0. The van der Waals surface area contributed by atoms with Crippen LogP contribution < -0.4 is 10.6 Å². The van der Waals surface area contributed by atoms with E-state index in [4.69, 9.17) is 0 Å². The van der Waals surface area contributed by atoms with Crippen molar-refractivity contribution in [3.63, 3.8) is 0 Å². The van der Waals surface area contributed by atoms with E-state index in [9.17, 15) is 4.79 Å². The average molecular weight is 312 g/mol. The Morgan fingerprint density at radius 1 is 1.09 bits per heavy atom. The molecule has 2 N–H and O–H groups in total. The Morgan fingerprint density at radius 3 is 2.27 bits per heavy atom. The first-order valence-corrected chi connectivity index (χ1v) is 9.40. The number of hydrogen-bond donors (Lipinski definition) is 2. The molecule has 0 aromatic heterocycles. The highest BCUT2D eigenvalue weighted by atomic mass is 16.2. The third-order valence-electron chi connectivity index (χ3n) is 4.40. The van der Waals surface area contributed by atoms with E-state index in [1.807, 2.05) is 0 Å². The van der Waals surface area contributed by atoms with Gasteiger partial charge < -0.3 is 10.6 Å². The van der Waals surface area contributed by atoms with Gasteiger partial charge in [0, 0.05) is 19.1 Å². The van der Waals surface area contributed by atoms with Crippen molar-refractivity contribution in [2.45, 2.75) is 84.2 Å². The summed E-state index contributed by atoms with van der Waals surface area (Å²) >= 11 is 0. The van der Waals surface area contributed by atoms with Crippen molar-refractivity contribution in [1.82, 2.24) is 15.5 Å². The molecule has 1 saturated heterocycles. The first kappa shape index (κ1) is 19.4. The summed E-state index contributed by atoms with van der Waals surface area (Å²) in [6.07, 6.45) is 9.75. The molecule has 1 fully saturated rings. The molecule has 1 aliphatic heterocycles. The van der Waals surface area contributed by atoms with Gasteiger partial charge >= 0.3 is 0 Å². The molecule has 1 unspecified atom stereocenters. The molecule has 4 nitrogen and oxygen atoms in total. The predicted molar refractivity (Wildman–Crippen MR) is 94.1 cm³/mol. The molecule has 1 rings (SSSR count). The van der Waals surface area contributed by atoms with Gasteiger partial charge in [-0.25, -0.2) is 0 Å². The molecule has 0 saturated carbocycles. The van der Waals surface area contributed by atoms with Crippen LogP contribution in [0.5, 0.6) is 0 Å². The zero-order chi connectivity index (χ0) is 16.2. The van der Waals surface area contributed by atoms with E-state index in [0.717, 1.165) is 45.4 Å². The highest BCUT2D eigenvalue weighted by Crippen LogP contribution is 2.17. The van der Waals surface area contributed by atoms with Crippen LogP contribution in [0.25, 0.3) is 0 Å². The smallest absolute Gasteiger partial charge is 0.237 e. The highest BCUT2D eigenvalue weighted by Gasteiger charge is 2.32. The van der Waals surface area contributed by atoms with Crippen LogP contribution in [0.1, 0.15) is 72.1 Å². The minimum atomic E-state index is 0.161. The lowest BCUT2D eigenvalue weighted by molar-refractivity contribution is -0.130. The first-order valence-electron chi connectivity index (χ1n) is 9.40. The summed E-state index contributed by atoms with van der Waals surface area (Å²) in [6, 6.07) is 0.765. The molecule has 0 aromatic carbocycles. The van der Waals surface area contributed by atoms with E-state index >= 15 is 0 Å². The lowest BCUT2D eigenvalue weighted by Crippen LogP contribution is -2.56. The van der Waals surface area contributed by atoms with Gasteiger partial charge in [0.25, 0.3) is 0 Å². The molecule has 0 aliphatic carbocycles. The molecule has 1 amide bonds. The minimum absolute atomic E-state index is 0.161. The van der Waals surface area contributed by atoms with E-state index in [2.05, 4.69) is 36.3 Å². The molecule has 0 bridgehead atoms. The lowest BCUT2D eigenvalue weighted by Gasteiger charge is -2.39. The fraction of sp³-hybridized carbons (Fsp3) is 0.944. The normalized spacial score (nSPS) is 18.5. The number of unbranched alkanes of at least 4 members (excludes halogenated alkanes) is 5. The zero-order valence-corrected chi connectivity index (χ0v) is 15.0. The Kier molecular flexibility index (Phi) is 10.5. The van der Waals surface area contributed by atoms with Crippen molar-refractivity contribution in [3.05, 3.63) is 0 Å². The molecule has 130 valence electrons. The van der Waals surface area contributed by atoms with E-state index in [1.54, 1.807) is 0 Å². The van der Waals surface area contributed by atoms with Crippen LogP contribution >= 0.6 is 0 Å². The highest BCUT2D eigenvalue weighted by molar-refractivity contribution is 5.82. The molecule has 0 spiro atoms. The number of amides is 1.